The minimum absolute atomic E-state index is 0.0594. The molecule has 1 N–H and O–H groups in total. The Bertz CT molecular complexity index is 861. The third-order valence-electron chi connectivity index (χ3n) is 4.30. The smallest absolute Gasteiger partial charge is 0.245 e. The van der Waals surface area contributed by atoms with Gasteiger partial charge in [-0.2, -0.15) is 5.10 Å². The number of alkyl halides is 1. The highest BCUT2D eigenvalue weighted by Crippen LogP contribution is 2.29. The highest BCUT2D eigenvalue weighted by atomic mass is 35.5. The highest BCUT2D eigenvalue weighted by molar-refractivity contribution is 6.30. The summed E-state index contributed by atoms with van der Waals surface area (Å²) in [6.07, 6.45) is 4.41. The zero-order valence-electron chi connectivity index (χ0n) is 12.4. The van der Waals surface area contributed by atoms with Crippen LogP contribution in [0, 0.1) is 0 Å². The van der Waals surface area contributed by atoms with Gasteiger partial charge in [0.15, 0.2) is 5.65 Å². The summed E-state index contributed by atoms with van der Waals surface area (Å²) in [5.41, 5.74) is 3.91. The highest BCUT2D eigenvalue weighted by Gasteiger charge is 2.28. The van der Waals surface area contributed by atoms with Crippen molar-refractivity contribution in [1.29, 1.82) is 0 Å². The van der Waals surface area contributed by atoms with Gasteiger partial charge >= 0.3 is 0 Å². The fraction of sp³-hybridized carbons (Fsp3) is 0.235. The van der Waals surface area contributed by atoms with Crippen LogP contribution >= 0.6 is 11.6 Å². The van der Waals surface area contributed by atoms with Gasteiger partial charge in [-0.3, -0.25) is 9.89 Å². The summed E-state index contributed by atoms with van der Waals surface area (Å²) in [7, 11) is 0. The lowest BCUT2D eigenvalue weighted by Crippen LogP contribution is -2.38. The predicted molar refractivity (Wildman–Crippen MR) is 88.0 cm³/mol. The second-order valence-corrected chi connectivity index (χ2v) is 6.11. The normalized spacial score (nSPS) is 15.4. The Morgan fingerprint density at radius 1 is 1.26 bits per heavy atom. The van der Waals surface area contributed by atoms with Crippen LogP contribution < -0.4 is 0 Å². The van der Waals surface area contributed by atoms with Crippen LogP contribution in [0.5, 0.6) is 0 Å². The number of nitrogens with one attached hydrogen (secondary N) is 1. The number of pyridine rings is 1. The summed E-state index contributed by atoms with van der Waals surface area (Å²) in [5.74, 6) is -0.0594. The number of nitrogens with zero attached hydrogens (tertiary/aromatic N) is 3. The van der Waals surface area contributed by atoms with Crippen molar-refractivity contribution >= 4 is 28.5 Å². The van der Waals surface area contributed by atoms with Crippen molar-refractivity contribution in [2.24, 2.45) is 0 Å². The Labute approximate surface area is 138 Å². The molecule has 0 radical (unpaired) electrons. The van der Waals surface area contributed by atoms with Gasteiger partial charge in [-0.1, -0.05) is 30.3 Å². The maximum absolute atomic E-state index is 12.7. The zero-order valence-corrected chi connectivity index (χ0v) is 13.1. The van der Waals surface area contributed by atoms with E-state index in [9.17, 15) is 4.79 Å². The van der Waals surface area contributed by atoms with Gasteiger partial charge in [-0.15, -0.1) is 11.6 Å². The second kappa shape index (κ2) is 5.66. The van der Waals surface area contributed by atoms with Gasteiger partial charge in [0, 0.05) is 24.7 Å². The molecular weight excluding hydrogens is 312 g/mol. The van der Waals surface area contributed by atoms with E-state index in [4.69, 9.17) is 11.6 Å². The van der Waals surface area contributed by atoms with Crippen molar-refractivity contribution in [3.8, 4) is 0 Å². The van der Waals surface area contributed by atoms with Gasteiger partial charge in [-0.25, -0.2) is 4.98 Å². The fourth-order valence-corrected chi connectivity index (χ4v) is 3.35. The molecule has 1 amide bonds. The first-order chi connectivity index (χ1) is 11.2. The molecule has 0 fully saturated rings. The molecule has 3 heterocycles. The van der Waals surface area contributed by atoms with Crippen LogP contribution in [0.25, 0.3) is 11.0 Å². The number of H-pyrrole nitrogens is 1. The minimum atomic E-state index is -0.650. The summed E-state index contributed by atoms with van der Waals surface area (Å²) in [6.45, 7) is 1.20. The third-order valence-corrected chi connectivity index (χ3v) is 4.73. The van der Waals surface area contributed by atoms with E-state index >= 15 is 0 Å². The van der Waals surface area contributed by atoms with Crippen molar-refractivity contribution in [2.45, 2.75) is 18.3 Å². The molecule has 116 valence electrons. The summed E-state index contributed by atoms with van der Waals surface area (Å²) in [4.78, 5) is 18.8. The molecule has 0 aliphatic carbocycles. The molecule has 1 aliphatic heterocycles. The quantitative estimate of drug-likeness (QED) is 0.737. The molecule has 0 bridgehead atoms. The fourth-order valence-electron chi connectivity index (χ4n) is 3.07. The van der Waals surface area contributed by atoms with Crippen LogP contribution in [0.4, 0.5) is 0 Å². The number of benzene rings is 1. The van der Waals surface area contributed by atoms with E-state index in [1.807, 2.05) is 36.5 Å². The van der Waals surface area contributed by atoms with Crippen LogP contribution in [0.15, 0.2) is 42.7 Å². The maximum Gasteiger partial charge on any atom is 0.245 e. The van der Waals surface area contributed by atoms with E-state index in [1.54, 1.807) is 11.1 Å². The van der Waals surface area contributed by atoms with Crippen LogP contribution in [0.3, 0.4) is 0 Å². The number of halogens is 1. The van der Waals surface area contributed by atoms with Crippen LogP contribution in [-0.4, -0.2) is 32.5 Å². The summed E-state index contributed by atoms with van der Waals surface area (Å²) in [6, 6.07) is 9.46. The van der Waals surface area contributed by atoms with Crippen molar-refractivity contribution in [2.75, 3.05) is 6.54 Å². The average Bonchev–Trinajstić information content (AvgIpc) is 3.10. The Balaban J connectivity index is 1.59. The van der Waals surface area contributed by atoms with Crippen molar-refractivity contribution in [3.05, 3.63) is 59.4 Å². The first-order valence-electron chi connectivity index (χ1n) is 7.51. The van der Waals surface area contributed by atoms with E-state index in [1.165, 1.54) is 5.56 Å². The largest absolute Gasteiger partial charge is 0.336 e. The molecule has 2 aromatic heterocycles. The SMILES string of the molecule is O=C(C(Cl)c1ccccc1)N1CCc2c(cnc3[nH]ncc23)C1. The lowest BCUT2D eigenvalue weighted by molar-refractivity contribution is -0.131. The molecule has 5 nitrogen and oxygen atoms in total. The molecular formula is C17H15ClN4O. The lowest BCUT2D eigenvalue weighted by Gasteiger charge is -2.30. The number of hydrogen-bond donors (Lipinski definition) is 1. The van der Waals surface area contributed by atoms with E-state index in [0.29, 0.717) is 13.1 Å². The van der Waals surface area contributed by atoms with Crippen LogP contribution in [0.1, 0.15) is 22.1 Å². The van der Waals surface area contributed by atoms with E-state index < -0.39 is 5.38 Å². The number of carbonyl (C=O) groups is 1. The summed E-state index contributed by atoms with van der Waals surface area (Å²) >= 11 is 6.37. The number of rotatable bonds is 2. The molecule has 1 atom stereocenters. The zero-order chi connectivity index (χ0) is 15.8. The second-order valence-electron chi connectivity index (χ2n) is 5.68. The van der Waals surface area contributed by atoms with Crippen molar-refractivity contribution in [1.82, 2.24) is 20.1 Å². The van der Waals surface area contributed by atoms with Crippen molar-refractivity contribution in [3.63, 3.8) is 0 Å². The Hall–Kier alpha value is -2.40. The molecule has 1 aromatic carbocycles. The van der Waals surface area contributed by atoms with E-state index in [0.717, 1.165) is 28.6 Å². The number of aromatic amines is 1. The molecule has 3 aromatic rings. The first-order valence-corrected chi connectivity index (χ1v) is 7.95. The minimum Gasteiger partial charge on any atom is -0.336 e. The molecule has 23 heavy (non-hydrogen) atoms. The number of fused-ring (bicyclic) bond motifs is 3. The Morgan fingerprint density at radius 3 is 2.91 bits per heavy atom. The van der Waals surface area contributed by atoms with Crippen molar-refractivity contribution < 1.29 is 4.79 Å². The number of amides is 1. The molecule has 0 spiro atoms. The summed E-state index contributed by atoms with van der Waals surface area (Å²) < 4.78 is 0. The van der Waals surface area contributed by atoms with E-state index in [-0.39, 0.29) is 5.91 Å². The standard InChI is InChI=1S/C17H15ClN4O/c18-15(11-4-2-1-3-5-11)17(23)22-7-6-13-12(10-22)8-19-16-14(13)9-20-21-16/h1-5,8-9,15H,6-7,10H2,(H,19,20,21). The van der Waals surface area contributed by atoms with Crippen LogP contribution in [0.2, 0.25) is 0 Å². The predicted octanol–water partition coefficient (Wildman–Crippen LogP) is 2.82. The number of hydrogen-bond acceptors (Lipinski definition) is 3. The van der Waals surface area contributed by atoms with Gasteiger partial charge in [0.2, 0.25) is 5.91 Å². The number of carbonyl (C=O) groups excluding carboxylic acids is 1. The third kappa shape index (κ3) is 2.47. The molecule has 0 saturated carbocycles. The monoisotopic (exact) mass is 326 g/mol. The van der Waals surface area contributed by atoms with Gasteiger partial charge in [0.25, 0.3) is 0 Å². The molecule has 6 heteroatoms. The lowest BCUT2D eigenvalue weighted by atomic mass is 9.98. The van der Waals surface area contributed by atoms with Crippen LogP contribution in [-0.2, 0) is 17.8 Å². The van der Waals surface area contributed by atoms with Gasteiger partial charge in [0.05, 0.1) is 6.20 Å². The Kier molecular flexibility index (Phi) is 3.50. The molecule has 0 saturated heterocycles. The average molecular weight is 327 g/mol. The summed E-state index contributed by atoms with van der Waals surface area (Å²) in [5, 5.41) is 7.31. The molecule has 1 aliphatic rings. The van der Waals surface area contributed by atoms with Gasteiger partial charge < -0.3 is 4.90 Å². The first kappa shape index (κ1) is 14.2. The Morgan fingerprint density at radius 2 is 2.09 bits per heavy atom. The van der Waals surface area contributed by atoms with Gasteiger partial charge in [-0.05, 0) is 23.1 Å². The maximum atomic E-state index is 12.7. The number of aromatic nitrogens is 3. The molecule has 4 rings (SSSR count). The van der Waals surface area contributed by atoms with Gasteiger partial charge in [0.1, 0.15) is 5.38 Å². The topological polar surface area (TPSA) is 61.9 Å². The van der Waals surface area contributed by atoms with E-state index in [2.05, 4.69) is 15.2 Å². The molecule has 1 unspecified atom stereocenters.